The van der Waals surface area contributed by atoms with Crippen molar-refractivity contribution in [2.45, 2.75) is 6.54 Å². The molecule has 0 radical (unpaired) electrons. The summed E-state index contributed by atoms with van der Waals surface area (Å²) in [7, 11) is 3.50. The molecule has 0 saturated heterocycles. The standard InChI is InChI=1S/C12H15ClN6O/c1-18(6-8-5-15-19(2)7-8)12(20)11-9(13)3-4-10(16-11)17-14/h3-5,7H,6,14H2,1-2H3,(H,16,17). The third kappa shape index (κ3) is 3.06. The van der Waals surface area contributed by atoms with Crippen molar-refractivity contribution in [2.24, 2.45) is 12.9 Å². The first-order valence-electron chi connectivity index (χ1n) is 5.87. The summed E-state index contributed by atoms with van der Waals surface area (Å²) in [4.78, 5) is 17.9. The minimum absolute atomic E-state index is 0.161. The van der Waals surface area contributed by atoms with Gasteiger partial charge < -0.3 is 10.3 Å². The number of hydrogen-bond donors (Lipinski definition) is 2. The van der Waals surface area contributed by atoms with E-state index in [1.165, 1.54) is 4.90 Å². The fraction of sp³-hybridized carbons (Fsp3) is 0.250. The maximum absolute atomic E-state index is 12.3. The number of halogens is 1. The lowest BCUT2D eigenvalue weighted by atomic mass is 10.3. The highest BCUT2D eigenvalue weighted by atomic mass is 35.5. The van der Waals surface area contributed by atoms with Crippen LogP contribution < -0.4 is 11.3 Å². The average molecular weight is 295 g/mol. The van der Waals surface area contributed by atoms with Gasteiger partial charge in [-0.05, 0) is 12.1 Å². The Morgan fingerprint density at radius 3 is 2.90 bits per heavy atom. The quantitative estimate of drug-likeness (QED) is 0.649. The molecule has 0 fully saturated rings. The molecule has 0 bridgehead atoms. The van der Waals surface area contributed by atoms with Crippen molar-refractivity contribution in [1.82, 2.24) is 19.7 Å². The molecule has 0 aliphatic rings. The van der Waals surface area contributed by atoms with E-state index >= 15 is 0 Å². The Bertz CT molecular complexity index is 626. The molecule has 0 spiro atoms. The van der Waals surface area contributed by atoms with E-state index in [-0.39, 0.29) is 16.6 Å². The lowest BCUT2D eigenvalue weighted by molar-refractivity contribution is 0.0779. The molecular formula is C12H15ClN6O. The van der Waals surface area contributed by atoms with E-state index in [0.717, 1.165) is 5.56 Å². The Balaban J connectivity index is 2.17. The molecule has 8 heteroatoms. The molecule has 3 N–H and O–H groups in total. The number of nitrogens with one attached hydrogen (secondary N) is 1. The van der Waals surface area contributed by atoms with Crippen LogP contribution in [0.1, 0.15) is 16.1 Å². The van der Waals surface area contributed by atoms with Crippen molar-refractivity contribution in [2.75, 3.05) is 12.5 Å². The molecular weight excluding hydrogens is 280 g/mol. The average Bonchev–Trinajstić information content (AvgIpc) is 2.84. The first-order chi connectivity index (χ1) is 9.51. The van der Waals surface area contributed by atoms with Gasteiger partial charge in [-0.1, -0.05) is 11.6 Å². The molecule has 0 aromatic carbocycles. The lowest BCUT2D eigenvalue weighted by Crippen LogP contribution is -2.27. The topological polar surface area (TPSA) is 89.1 Å². The molecule has 0 aliphatic heterocycles. The summed E-state index contributed by atoms with van der Waals surface area (Å²) < 4.78 is 1.68. The molecule has 1 amide bonds. The summed E-state index contributed by atoms with van der Waals surface area (Å²) in [5.41, 5.74) is 3.47. The number of nitrogens with two attached hydrogens (primary N) is 1. The number of carbonyl (C=O) groups excluding carboxylic acids is 1. The first-order valence-corrected chi connectivity index (χ1v) is 6.25. The van der Waals surface area contributed by atoms with Gasteiger partial charge >= 0.3 is 0 Å². The van der Waals surface area contributed by atoms with Crippen LogP contribution in [0, 0.1) is 0 Å². The molecule has 2 aromatic rings. The Morgan fingerprint density at radius 2 is 2.30 bits per heavy atom. The Morgan fingerprint density at radius 1 is 1.55 bits per heavy atom. The Hall–Kier alpha value is -2.12. The van der Waals surface area contributed by atoms with Gasteiger partial charge in [-0.25, -0.2) is 10.8 Å². The number of hydrazine groups is 1. The van der Waals surface area contributed by atoms with Gasteiger partial charge in [0.15, 0.2) is 0 Å². The summed E-state index contributed by atoms with van der Waals surface area (Å²) >= 11 is 6.00. The van der Waals surface area contributed by atoms with Crippen LogP contribution in [-0.4, -0.2) is 32.6 Å². The molecule has 0 saturated carbocycles. The summed E-state index contributed by atoms with van der Waals surface area (Å²) in [6, 6.07) is 3.18. The SMILES string of the molecule is CN(Cc1cnn(C)c1)C(=O)c1nc(NN)ccc1Cl. The second-order valence-corrected chi connectivity index (χ2v) is 4.76. The predicted octanol–water partition coefficient (Wildman–Crippen LogP) is 1.03. The van der Waals surface area contributed by atoms with Crippen LogP contribution in [0.25, 0.3) is 0 Å². The van der Waals surface area contributed by atoms with E-state index in [2.05, 4.69) is 15.5 Å². The van der Waals surface area contributed by atoms with E-state index in [4.69, 9.17) is 17.4 Å². The van der Waals surface area contributed by atoms with Crippen molar-refractivity contribution in [3.63, 3.8) is 0 Å². The maximum Gasteiger partial charge on any atom is 0.274 e. The largest absolute Gasteiger partial charge is 0.336 e. The second-order valence-electron chi connectivity index (χ2n) is 4.35. The van der Waals surface area contributed by atoms with Crippen LogP contribution in [0.2, 0.25) is 5.02 Å². The zero-order valence-electron chi connectivity index (χ0n) is 11.2. The summed E-state index contributed by atoms with van der Waals surface area (Å²) in [5.74, 6) is 5.38. The molecule has 106 valence electrons. The molecule has 0 unspecified atom stereocenters. The van der Waals surface area contributed by atoms with Gasteiger partial charge in [-0.15, -0.1) is 0 Å². The molecule has 7 nitrogen and oxygen atoms in total. The van der Waals surface area contributed by atoms with Gasteiger partial charge in [0.2, 0.25) is 0 Å². The molecule has 20 heavy (non-hydrogen) atoms. The molecule has 0 atom stereocenters. The number of carbonyl (C=O) groups is 1. The van der Waals surface area contributed by atoms with E-state index < -0.39 is 0 Å². The van der Waals surface area contributed by atoms with E-state index in [1.807, 2.05) is 13.2 Å². The minimum atomic E-state index is -0.282. The third-order valence-corrected chi connectivity index (χ3v) is 3.03. The van der Waals surface area contributed by atoms with Crippen LogP contribution in [0.4, 0.5) is 5.82 Å². The Kier molecular flexibility index (Phi) is 4.21. The fourth-order valence-electron chi connectivity index (χ4n) is 1.75. The number of pyridine rings is 1. The normalized spacial score (nSPS) is 10.4. The van der Waals surface area contributed by atoms with Crippen molar-refractivity contribution >= 4 is 23.3 Å². The van der Waals surface area contributed by atoms with Crippen LogP contribution in [0.15, 0.2) is 24.5 Å². The van der Waals surface area contributed by atoms with Crippen LogP contribution in [-0.2, 0) is 13.6 Å². The number of aryl methyl sites for hydroxylation is 1. The number of amides is 1. The number of hydrogen-bond acceptors (Lipinski definition) is 5. The smallest absolute Gasteiger partial charge is 0.274 e. The lowest BCUT2D eigenvalue weighted by Gasteiger charge is -2.16. The fourth-order valence-corrected chi connectivity index (χ4v) is 1.94. The maximum atomic E-state index is 12.3. The minimum Gasteiger partial charge on any atom is -0.336 e. The van der Waals surface area contributed by atoms with Crippen LogP contribution in [0.3, 0.4) is 0 Å². The number of rotatable bonds is 4. The summed E-state index contributed by atoms with van der Waals surface area (Å²) in [6.45, 7) is 0.422. The van der Waals surface area contributed by atoms with Crippen molar-refractivity contribution < 1.29 is 4.79 Å². The second kappa shape index (κ2) is 5.89. The van der Waals surface area contributed by atoms with Gasteiger partial charge in [0.05, 0.1) is 11.2 Å². The number of nitrogens with zero attached hydrogens (tertiary/aromatic N) is 4. The molecule has 2 rings (SSSR count). The highest BCUT2D eigenvalue weighted by Gasteiger charge is 2.18. The van der Waals surface area contributed by atoms with Gasteiger partial charge in [-0.2, -0.15) is 5.10 Å². The van der Waals surface area contributed by atoms with Crippen molar-refractivity contribution in [1.29, 1.82) is 0 Å². The molecule has 2 heterocycles. The number of anilines is 1. The highest BCUT2D eigenvalue weighted by molar-refractivity contribution is 6.33. The molecule has 2 aromatic heterocycles. The summed E-state index contributed by atoms with van der Waals surface area (Å²) in [6.07, 6.45) is 3.55. The van der Waals surface area contributed by atoms with Crippen molar-refractivity contribution in [3.8, 4) is 0 Å². The van der Waals surface area contributed by atoms with Crippen molar-refractivity contribution in [3.05, 3.63) is 40.8 Å². The number of nitrogen functional groups attached to an aromatic ring is 1. The predicted molar refractivity (Wildman–Crippen MR) is 76.1 cm³/mol. The van der Waals surface area contributed by atoms with Gasteiger partial charge in [-0.3, -0.25) is 9.48 Å². The molecule has 0 aliphatic carbocycles. The summed E-state index contributed by atoms with van der Waals surface area (Å²) in [5, 5.41) is 4.34. The van der Waals surface area contributed by atoms with Crippen LogP contribution >= 0.6 is 11.6 Å². The zero-order chi connectivity index (χ0) is 14.7. The highest BCUT2D eigenvalue weighted by Crippen LogP contribution is 2.18. The van der Waals surface area contributed by atoms with E-state index in [9.17, 15) is 4.79 Å². The van der Waals surface area contributed by atoms with Gasteiger partial charge in [0.25, 0.3) is 5.91 Å². The monoisotopic (exact) mass is 294 g/mol. The van der Waals surface area contributed by atoms with E-state index in [0.29, 0.717) is 12.4 Å². The van der Waals surface area contributed by atoms with Gasteiger partial charge in [0, 0.05) is 32.4 Å². The third-order valence-electron chi connectivity index (χ3n) is 2.72. The van der Waals surface area contributed by atoms with E-state index in [1.54, 1.807) is 30.1 Å². The van der Waals surface area contributed by atoms with Crippen LogP contribution in [0.5, 0.6) is 0 Å². The zero-order valence-corrected chi connectivity index (χ0v) is 11.9. The Labute approximate surface area is 121 Å². The van der Waals surface area contributed by atoms with Gasteiger partial charge in [0.1, 0.15) is 11.5 Å². The number of aromatic nitrogens is 3. The first kappa shape index (κ1) is 14.3.